The van der Waals surface area contributed by atoms with Gasteiger partial charge in [-0.3, -0.25) is 0 Å². The molecule has 1 aliphatic rings. The number of hydrogen-bond acceptors (Lipinski definition) is 4. The lowest BCUT2D eigenvalue weighted by atomic mass is 10.0. The molecule has 1 aliphatic carbocycles. The van der Waals surface area contributed by atoms with Crippen LogP contribution in [0.1, 0.15) is 18.4 Å². The molecule has 2 aromatic rings. The number of methoxy groups -OCH3 is 1. The second-order valence-corrected chi connectivity index (χ2v) is 4.87. The summed E-state index contributed by atoms with van der Waals surface area (Å²) in [4.78, 5) is 8.46. The lowest BCUT2D eigenvalue weighted by Gasteiger charge is -2.12. The molecular weight excluding hydrogens is 257 g/mol. The van der Waals surface area contributed by atoms with Crippen LogP contribution >= 0.6 is 0 Å². The Bertz CT molecular complexity index is 614. The van der Waals surface area contributed by atoms with E-state index in [0.29, 0.717) is 24.2 Å². The predicted octanol–water partition coefficient (Wildman–Crippen LogP) is 2.54. The predicted molar refractivity (Wildman–Crippen MR) is 73.8 cm³/mol. The van der Waals surface area contributed by atoms with Gasteiger partial charge >= 0.3 is 0 Å². The Morgan fingerprint density at radius 3 is 2.85 bits per heavy atom. The van der Waals surface area contributed by atoms with Gasteiger partial charge in [0.15, 0.2) is 0 Å². The average molecular weight is 273 g/mol. The van der Waals surface area contributed by atoms with Gasteiger partial charge in [-0.2, -0.15) is 0 Å². The monoisotopic (exact) mass is 273 g/mol. The maximum Gasteiger partial charge on any atom is 0.240 e. The van der Waals surface area contributed by atoms with Crippen molar-refractivity contribution in [2.75, 3.05) is 7.11 Å². The number of rotatable bonds is 5. The molecule has 0 spiro atoms. The number of ether oxygens (including phenoxy) is 1. The highest BCUT2D eigenvalue weighted by molar-refractivity contribution is 5.67. The van der Waals surface area contributed by atoms with Crippen molar-refractivity contribution in [2.24, 2.45) is 0 Å². The van der Waals surface area contributed by atoms with Crippen molar-refractivity contribution in [3.8, 4) is 17.1 Å². The van der Waals surface area contributed by atoms with Gasteiger partial charge in [-0.25, -0.2) is 14.4 Å². The van der Waals surface area contributed by atoms with Crippen LogP contribution in [0.15, 0.2) is 30.6 Å². The first-order valence-electron chi connectivity index (χ1n) is 6.65. The molecule has 1 fully saturated rings. The maximum atomic E-state index is 13.5. The summed E-state index contributed by atoms with van der Waals surface area (Å²) in [6.07, 6.45) is 5.57. The van der Waals surface area contributed by atoms with Crippen LogP contribution in [-0.4, -0.2) is 23.1 Å². The number of benzene rings is 1. The van der Waals surface area contributed by atoms with Crippen molar-refractivity contribution < 1.29 is 9.13 Å². The van der Waals surface area contributed by atoms with Crippen LogP contribution < -0.4 is 10.1 Å². The van der Waals surface area contributed by atoms with E-state index < -0.39 is 0 Å². The van der Waals surface area contributed by atoms with Crippen LogP contribution in [-0.2, 0) is 6.54 Å². The SMILES string of the molecule is COc1nccnc1-c1ccc(F)cc1CNC1CC1. The van der Waals surface area contributed by atoms with Gasteiger partial charge in [0.25, 0.3) is 0 Å². The highest BCUT2D eigenvalue weighted by Crippen LogP contribution is 2.29. The van der Waals surface area contributed by atoms with E-state index in [1.807, 2.05) is 0 Å². The Balaban J connectivity index is 1.98. The topological polar surface area (TPSA) is 47.0 Å². The summed E-state index contributed by atoms with van der Waals surface area (Å²) in [5.41, 5.74) is 2.36. The van der Waals surface area contributed by atoms with Gasteiger partial charge in [-0.1, -0.05) is 0 Å². The Hall–Kier alpha value is -2.01. The maximum absolute atomic E-state index is 13.5. The molecule has 4 nitrogen and oxygen atoms in total. The van der Waals surface area contributed by atoms with Crippen molar-refractivity contribution in [3.05, 3.63) is 42.0 Å². The van der Waals surface area contributed by atoms with Crippen molar-refractivity contribution in [1.82, 2.24) is 15.3 Å². The molecule has 1 saturated carbocycles. The number of halogens is 1. The number of nitrogens with one attached hydrogen (secondary N) is 1. The summed E-state index contributed by atoms with van der Waals surface area (Å²) < 4.78 is 18.7. The van der Waals surface area contributed by atoms with Gasteiger partial charge in [0.05, 0.1) is 7.11 Å². The van der Waals surface area contributed by atoms with Crippen molar-refractivity contribution >= 4 is 0 Å². The van der Waals surface area contributed by atoms with E-state index in [2.05, 4.69) is 15.3 Å². The highest BCUT2D eigenvalue weighted by atomic mass is 19.1. The zero-order valence-electron chi connectivity index (χ0n) is 11.3. The van der Waals surface area contributed by atoms with Crippen LogP contribution in [0.5, 0.6) is 5.88 Å². The molecular formula is C15H16FN3O. The lowest BCUT2D eigenvalue weighted by molar-refractivity contribution is 0.397. The molecule has 20 heavy (non-hydrogen) atoms. The van der Waals surface area contributed by atoms with E-state index in [9.17, 15) is 4.39 Å². The lowest BCUT2D eigenvalue weighted by Crippen LogP contribution is -2.16. The fraction of sp³-hybridized carbons (Fsp3) is 0.333. The van der Waals surface area contributed by atoms with Crippen LogP contribution in [0, 0.1) is 5.82 Å². The molecule has 0 aliphatic heterocycles. The van der Waals surface area contributed by atoms with E-state index in [1.54, 1.807) is 31.6 Å². The summed E-state index contributed by atoms with van der Waals surface area (Å²) in [7, 11) is 1.55. The smallest absolute Gasteiger partial charge is 0.240 e. The minimum absolute atomic E-state index is 0.246. The minimum atomic E-state index is -0.246. The summed E-state index contributed by atoms with van der Waals surface area (Å²) in [6.45, 7) is 0.623. The zero-order chi connectivity index (χ0) is 13.9. The Kier molecular flexibility index (Phi) is 3.60. The number of nitrogens with zero attached hydrogens (tertiary/aromatic N) is 2. The third kappa shape index (κ3) is 2.77. The van der Waals surface area contributed by atoms with Gasteiger partial charge in [0.1, 0.15) is 11.5 Å². The fourth-order valence-electron chi connectivity index (χ4n) is 2.14. The minimum Gasteiger partial charge on any atom is -0.479 e. The normalized spacial score (nSPS) is 14.3. The second-order valence-electron chi connectivity index (χ2n) is 4.87. The average Bonchev–Trinajstić information content (AvgIpc) is 3.29. The molecule has 0 radical (unpaired) electrons. The zero-order valence-corrected chi connectivity index (χ0v) is 11.3. The summed E-state index contributed by atoms with van der Waals surface area (Å²) in [5.74, 6) is 0.205. The molecule has 104 valence electrons. The van der Waals surface area contributed by atoms with E-state index in [4.69, 9.17) is 4.74 Å². The third-order valence-corrected chi connectivity index (χ3v) is 3.34. The Morgan fingerprint density at radius 2 is 2.10 bits per heavy atom. The molecule has 3 rings (SSSR count). The number of hydrogen-bond donors (Lipinski definition) is 1. The molecule has 0 saturated heterocycles. The summed E-state index contributed by atoms with van der Waals surface area (Å²) >= 11 is 0. The van der Waals surface area contributed by atoms with Crippen molar-refractivity contribution in [1.29, 1.82) is 0 Å². The molecule has 0 amide bonds. The Morgan fingerprint density at radius 1 is 1.30 bits per heavy atom. The van der Waals surface area contributed by atoms with Crippen LogP contribution in [0.2, 0.25) is 0 Å². The molecule has 0 bridgehead atoms. The molecule has 0 unspecified atom stereocenters. The van der Waals surface area contributed by atoms with E-state index in [0.717, 1.165) is 11.1 Å². The summed E-state index contributed by atoms with van der Waals surface area (Å²) in [6, 6.07) is 5.27. The van der Waals surface area contributed by atoms with E-state index >= 15 is 0 Å². The van der Waals surface area contributed by atoms with Crippen LogP contribution in [0.3, 0.4) is 0 Å². The molecule has 5 heteroatoms. The van der Waals surface area contributed by atoms with E-state index in [-0.39, 0.29) is 5.82 Å². The van der Waals surface area contributed by atoms with E-state index in [1.165, 1.54) is 18.9 Å². The van der Waals surface area contributed by atoms with Crippen molar-refractivity contribution in [2.45, 2.75) is 25.4 Å². The molecule has 1 aromatic heterocycles. The Labute approximate surface area is 117 Å². The molecule has 0 atom stereocenters. The van der Waals surface area contributed by atoms with Crippen LogP contribution in [0.25, 0.3) is 11.3 Å². The van der Waals surface area contributed by atoms with Gasteiger partial charge in [0, 0.05) is 30.5 Å². The van der Waals surface area contributed by atoms with Crippen LogP contribution in [0.4, 0.5) is 4.39 Å². The number of aromatic nitrogens is 2. The highest BCUT2D eigenvalue weighted by Gasteiger charge is 2.21. The van der Waals surface area contributed by atoms with Gasteiger partial charge in [0.2, 0.25) is 5.88 Å². The molecule has 1 aromatic carbocycles. The third-order valence-electron chi connectivity index (χ3n) is 3.34. The largest absolute Gasteiger partial charge is 0.479 e. The second kappa shape index (κ2) is 5.54. The quantitative estimate of drug-likeness (QED) is 0.909. The van der Waals surface area contributed by atoms with Crippen molar-refractivity contribution in [3.63, 3.8) is 0 Å². The summed E-state index contributed by atoms with van der Waals surface area (Å²) in [5, 5.41) is 3.39. The van der Waals surface area contributed by atoms with Gasteiger partial charge in [-0.15, -0.1) is 0 Å². The van der Waals surface area contributed by atoms with Gasteiger partial charge in [-0.05, 0) is 36.6 Å². The molecule has 1 N–H and O–H groups in total. The first-order chi connectivity index (χ1) is 9.78. The molecule has 1 heterocycles. The fourth-order valence-corrected chi connectivity index (χ4v) is 2.14. The first-order valence-corrected chi connectivity index (χ1v) is 6.65. The van der Waals surface area contributed by atoms with Gasteiger partial charge < -0.3 is 10.1 Å². The first kappa shape index (κ1) is 13.0. The standard InChI is InChI=1S/C15H16FN3O/c1-20-15-14(17-6-7-18-15)13-5-2-11(16)8-10(13)9-19-12-3-4-12/h2,5-8,12,19H,3-4,9H2,1H3.